The van der Waals surface area contributed by atoms with Crippen molar-refractivity contribution in [2.45, 2.75) is 6.04 Å². The van der Waals surface area contributed by atoms with Crippen LogP contribution in [0, 0.1) is 0 Å². The highest BCUT2D eigenvalue weighted by molar-refractivity contribution is 6.32. The molecule has 108 valence electrons. The summed E-state index contributed by atoms with van der Waals surface area (Å²) in [6, 6.07) is 4.72. The van der Waals surface area contributed by atoms with Crippen molar-refractivity contribution in [3.05, 3.63) is 28.8 Å². The normalized spacial score (nSPS) is 19.9. The van der Waals surface area contributed by atoms with Gasteiger partial charge in [-0.05, 0) is 17.7 Å². The molecule has 1 aliphatic heterocycles. The number of hydrogen-bond acceptors (Lipinski definition) is 4. The van der Waals surface area contributed by atoms with E-state index < -0.39 is 6.04 Å². The van der Waals surface area contributed by atoms with E-state index in [1.807, 2.05) is 0 Å². The maximum Gasteiger partial charge on any atom is 0.253 e. The van der Waals surface area contributed by atoms with E-state index in [1.54, 1.807) is 32.4 Å². The number of nitrogens with one attached hydrogen (secondary N) is 2. The zero-order chi connectivity index (χ0) is 14.5. The Kier molecular flexibility index (Phi) is 4.81. The van der Waals surface area contributed by atoms with Gasteiger partial charge in [0.25, 0.3) is 5.91 Å². The molecule has 0 radical (unpaired) electrons. The lowest BCUT2D eigenvalue weighted by molar-refractivity contribution is -0.120. The Morgan fingerprint density at radius 3 is 2.85 bits per heavy atom. The van der Waals surface area contributed by atoms with Crippen LogP contribution in [0.3, 0.4) is 0 Å². The number of aliphatic imine (C=N–C) groups is 1. The van der Waals surface area contributed by atoms with Crippen LogP contribution in [0.5, 0.6) is 5.75 Å². The minimum atomic E-state index is -0.500. The molecule has 1 aromatic rings. The molecule has 1 unspecified atom stereocenters. The van der Waals surface area contributed by atoms with Crippen LogP contribution in [-0.4, -0.2) is 39.2 Å². The lowest BCUT2D eigenvalue weighted by Gasteiger charge is -2.10. The predicted molar refractivity (Wildman–Crippen MR) is 76.2 cm³/mol. The van der Waals surface area contributed by atoms with E-state index in [4.69, 9.17) is 21.1 Å². The van der Waals surface area contributed by atoms with Gasteiger partial charge in [0, 0.05) is 7.11 Å². The Bertz CT molecular complexity index is 534. The van der Waals surface area contributed by atoms with Crippen LogP contribution in [0.15, 0.2) is 23.2 Å². The molecular weight excluding hydrogens is 282 g/mol. The fourth-order valence-electron chi connectivity index (χ4n) is 1.86. The molecule has 0 saturated carbocycles. The van der Waals surface area contributed by atoms with E-state index in [-0.39, 0.29) is 5.91 Å². The van der Waals surface area contributed by atoms with Crippen molar-refractivity contribution < 1.29 is 14.3 Å². The van der Waals surface area contributed by atoms with Gasteiger partial charge in [0.05, 0.1) is 25.3 Å². The number of ether oxygens (including phenoxy) is 2. The van der Waals surface area contributed by atoms with E-state index >= 15 is 0 Å². The lowest BCUT2D eigenvalue weighted by Crippen LogP contribution is -2.26. The monoisotopic (exact) mass is 297 g/mol. The summed E-state index contributed by atoms with van der Waals surface area (Å²) in [5.41, 5.74) is 0.755. The number of halogens is 1. The highest BCUT2D eigenvalue weighted by atomic mass is 35.5. The van der Waals surface area contributed by atoms with Crippen molar-refractivity contribution in [2.24, 2.45) is 4.99 Å². The third-order valence-corrected chi connectivity index (χ3v) is 3.15. The van der Waals surface area contributed by atoms with Crippen molar-refractivity contribution in [2.75, 3.05) is 27.4 Å². The van der Waals surface area contributed by atoms with E-state index in [2.05, 4.69) is 15.6 Å². The summed E-state index contributed by atoms with van der Waals surface area (Å²) in [6.07, 6.45) is 0. The number of methoxy groups -OCH3 is 2. The third-order valence-electron chi connectivity index (χ3n) is 2.86. The minimum absolute atomic E-state index is 0.164. The summed E-state index contributed by atoms with van der Waals surface area (Å²) in [5, 5.41) is 6.16. The second-order valence-electron chi connectivity index (χ2n) is 4.18. The number of guanidine groups is 1. The van der Waals surface area contributed by atoms with Gasteiger partial charge in [-0.2, -0.15) is 0 Å². The summed E-state index contributed by atoms with van der Waals surface area (Å²) in [7, 11) is 3.14. The fraction of sp³-hybridized carbons (Fsp3) is 0.385. The Hall–Kier alpha value is -1.79. The first-order valence-corrected chi connectivity index (χ1v) is 6.47. The number of benzene rings is 1. The Morgan fingerprint density at radius 2 is 2.20 bits per heavy atom. The van der Waals surface area contributed by atoms with Crippen molar-refractivity contribution in [1.82, 2.24) is 10.6 Å². The summed E-state index contributed by atoms with van der Waals surface area (Å²) < 4.78 is 9.99. The quantitative estimate of drug-likeness (QED) is 0.799. The molecule has 2 N–H and O–H groups in total. The van der Waals surface area contributed by atoms with Crippen molar-refractivity contribution in [1.29, 1.82) is 0 Å². The summed E-state index contributed by atoms with van der Waals surface area (Å²) in [6.45, 7) is 0.981. The van der Waals surface area contributed by atoms with E-state index in [0.717, 1.165) is 5.56 Å². The second-order valence-corrected chi connectivity index (χ2v) is 4.59. The first-order valence-electron chi connectivity index (χ1n) is 6.10. The number of carbonyl (C=O) groups is 1. The van der Waals surface area contributed by atoms with Crippen molar-refractivity contribution in [3.8, 4) is 5.75 Å². The number of hydrogen-bond donors (Lipinski definition) is 2. The molecule has 1 fully saturated rings. The number of nitrogens with zero attached hydrogens (tertiary/aromatic N) is 1. The summed E-state index contributed by atoms with van der Waals surface area (Å²) >= 11 is 6.06. The molecule has 1 amide bonds. The molecule has 1 aliphatic rings. The Morgan fingerprint density at radius 1 is 1.40 bits per heavy atom. The van der Waals surface area contributed by atoms with Crippen LogP contribution in [0.2, 0.25) is 5.02 Å². The Balaban J connectivity index is 2.11. The molecule has 6 nitrogen and oxygen atoms in total. The molecule has 7 heteroatoms. The maximum atomic E-state index is 11.9. The molecule has 20 heavy (non-hydrogen) atoms. The van der Waals surface area contributed by atoms with Gasteiger partial charge < -0.3 is 14.8 Å². The van der Waals surface area contributed by atoms with Gasteiger partial charge in [0.2, 0.25) is 0 Å². The molecule has 1 saturated heterocycles. The molecular formula is C13H16ClN3O3. The summed E-state index contributed by atoms with van der Waals surface area (Å²) in [5.74, 6) is 0.856. The zero-order valence-electron chi connectivity index (χ0n) is 11.3. The van der Waals surface area contributed by atoms with Gasteiger partial charge >= 0.3 is 0 Å². The highest BCUT2D eigenvalue weighted by Gasteiger charge is 2.29. The maximum absolute atomic E-state index is 11.9. The average Bonchev–Trinajstić information content (AvgIpc) is 2.80. The molecule has 0 bridgehead atoms. The topological polar surface area (TPSA) is 72.0 Å². The van der Waals surface area contributed by atoms with Gasteiger partial charge in [-0.3, -0.25) is 15.1 Å². The molecule has 2 rings (SSSR count). The third kappa shape index (κ3) is 3.20. The van der Waals surface area contributed by atoms with Crippen LogP contribution < -0.4 is 15.4 Å². The van der Waals surface area contributed by atoms with Crippen LogP contribution in [0.4, 0.5) is 0 Å². The molecule has 0 spiro atoms. The average molecular weight is 298 g/mol. The summed E-state index contributed by atoms with van der Waals surface area (Å²) in [4.78, 5) is 16.1. The molecule has 1 heterocycles. The first kappa shape index (κ1) is 14.6. The van der Waals surface area contributed by atoms with Crippen LogP contribution in [0.25, 0.3) is 0 Å². The van der Waals surface area contributed by atoms with E-state index in [9.17, 15) is 4.79 Å². The van der Waals surface area contributed by atoms with Gasteiger partial charge in [-0.25, -0.2) is 0 Å². The number of carbonyl (C=O) groups excluding carboxylic acids is 1. The van der Waals surface area contributed by atoms with Crippen LogP contribution in [-0.2, 0) is 9.53 Å². The largest absolute Gasteiger partial charge is 0.495 e. The number of amides is 1. The Labute approximate surface area is 122 Å². The molecule has 1 aromatic carbocycles. The second kappa shape index (κ2) is 6.58. The van der Waals surface area contributed by atoms with Gasteiger partial charge in [0.1, 0.15) is 11.8 Å². The number of rotatable bonds is 5. The SMILES string of the molecule is COCCN=C1NC(=O)C(c2ccc(OC)c(Cl)c2)N1. The fourth-order valence-corrected chi connectivity index (χ4v) is 2.12. The zero-order valence-corrected chi connectivity index (χ0v) is 12.0. The lowest BCUT2D eigenvalue weighted by atomic mass is 10.1. The standard InChI is InChI=1S/C13H16ClN3O3/c1-19-6-5-15-13-16-11(12(18)17-13)8-3-4-10(20-2)9(14)7-8/h3-4,7,11H,5-6H2,1-2H3,(H2,15,16,17,18). The van der Waals surface area contributed by atoms with E-state index in [1.165, 1.54) is 0 Å². The van der Waals surface area contributed by atoms with Gasteiger partial charge in [-0.15, -0.1) is 0 Å². The first-order chi connectivity index (χ1) is 9.65. The molecule has 1 atom stereocenters. The smallest absolute Gasteiger partial charge is 0.253 e. The molecule has 0 aromatic heterocycles. The van der Waals surface area contributed by atoms with Crippen LogP contribution in [0.1, 0.15) is 11.6 Å². The van der Waals surface area contributed by atoms with Crippen molar-refractivity contribution >= 4 is 23.5 Å². The predicted octanol–water partition coefficient (Wildman–Crippen LogP) is 1.11. The highest BCUT2D eigenvalue weighted by Crippen LogP contribution is 2.28. The van der Waals surface area contributed by atoms with Crippen molar-refractivity contribution in [3.63, 3.8) is 0 Å². The minimum Gasteiger partial charge on any atom is -0.495 e. The van der Waals surface area contributed by atoms with Gasteiger partial charge in [0.15, 0.2) is 5.96 Å². The van der Waals surface area contributed by atoms with Gasteiger partial charge in [-0.1, -0.05) is 17.7 Å². The molecule has 0 aliphatic carbocycles. The van der Waals surface area contributed by atoms with E-state index in [0.29, 0.717) is 29.9 Å². The van der Waals surface area contributed by atoms with Crippen LogP contribution >= 0.6 is 11.6 Å².